The van der Waals surface area contributed by atoms with E-state index in [0.29, 0.717) is 59.7 Å². The molecule has 0 aliphatic carbocycles. The van der Waals surface area contributed by atoms with E-state index in [4.69, 9.17) is 24.3 Å². The van der Waals surface area contributed by atoms with Gasteiger partial charge in [0.15, 0.2) is 17.7 Å². The number of H-pyrrole nitrogens is 1. The minimum atomic E-state index is -1.07. The van der Waals surface area contributed by atoms with E-state index in [1.54, 1.807) is 0 Å². The lowest BCUT2D eigenvalue weighted by Gasteiger charge is -2.29. The predicted octanol–water partition coefficient (Wildman–Crippen LogP) is 5.82. The number of fused-ring (bicyclic) bond motifs is 2. The molecule has 0 spiro atoms. The van der Waals surface area contributed by atoms with E-state index < -0.39 is 23.5 Å². The number of benzene rings is 1. The lowest BCUT2D eigenvalue weighted by Crippen LogP contribution is -2.29. The number of rotatable bonds is 8. The first-order valence-corrected chi connectivity index (χ1v) is 13.0. The second-order valence-corrected chi connectivity index (χ2v) is 10.7. The lowest BCUT2D eigenvalue weighted by atomic mass is 9.86. The van der Waals surface area contributed by atoms with Crippen molar-refractivity contribution in [2.75, 3.05) is 20.3 Å². The van der Waals surface area contributed by atoms with Gasteiger partial charge in [0.2, 0.25) is 0 Å². The summed E-state index contributed by atoms with van der Waals surface area (Å²) in [5, 5.41) is 9.84. The minimum absolute atomic E-state index is 0.0903. The van der Waals surface area contributed by atoms with Gasteiger partial charge in [0.25, 0.3) is 0 Å². The van der Waals surface area contributed by atoms with Gasteiger partial charge in [0.05, 0.1) is 19.3 Å². The van der Waals surface area contributed by atoms with Crippen LogP contribution in [0.25, 0.3) is 22.2 Å². The summed E-state index contributed by atoms with van der Waals surface area (Å²) in [6.07, 6.45) is 5.54. The number of nitrogens with one attached hydrogen (secondary N) is 1. The number of aryl methyl sites for hydroxylation is 1. The van der Waals surface area contributed by atoms with Gasteiger partial charge < -0.3 is 24.3 Å². The Bertz CT molecular complexity index is 1370. The number of hydrogen-bond acceptors (Lipinski definition) is 6. The van der Waals surface area contributed by atoms with Crippen LogP contribution in [-0.2, 0) is 27.1 Å². The van der Waals surface area contributed by atoms with Crippen molar-refractivity contribution in [2.45, 2.75) is 72.0 Å². The molecule has 0 amide bonds. The number of carbonyl (C=O) groups excluding carboxylic acids is 1. The fraction of sp³-hybridized carbons (Fsp3) is 0.467. The maximum absolute atomic E-state index is 15.5. The summed E-state index contributed by atoms with van der Waals surface area (Å²) in [4.78, 5) is 21.3. The molecule has 7 nitrogen and oxygen atoms in total. The van der Waals surface area contributed by atoms with Gasteiger partial charge in [-0.2, -0.15) is 0 Å². The largest absolute Gasteiger partial charge is 0.490 e. The highest BCUT2D eigenvalue weighted by atomic mass is 19.1. The van der Waals surface area contributed by atoms with E-state index in [9.17, 15) is 4.79 Å². The molecule has 3 aromatic rings. The number of allylic oxidation sites excluding steroid dienone is 1. The fourth-order valence-electron chi connectivity index (χ4n) is 5.06. The molecule has 0 saturated carbocycles. The Morgan fingerprint density at radius 2 is 2.05 bits per heavy atom. The lowest BCUT2D eigenvalue weighted by molar-refractivity contribution is -0.164. The van der Waals surface area contributed by atoms with Gasteiger partial charge >= 0.3 is 5.97 Å². The molecule has 1 aliphatic heterocycles. The Balaban J connectivity index is 2.03. The summed E-state index contributed by atoms with van der Waals surface area (Å²) in [6, 6.07) is 3.49. The number of hydrogen-bond donors (Lipinski definition) is 2. The molecule has 0 radical (unpaired) electrons. The van der Waals surface area contributed by atoms with Crippen molar-refractivity contribution >= 4 is 17.0 Å². The van der Waals surface area contributed by atoms with Gasteiger partial charge in [-0.3, -0.25) is 0 Å². The Labute approximate surface area is 223 Å². The van der Waals surface area contributed by atoms with Crippen LogP contribution < -0.4 is 4.74 Å². The van der Waals surface area contributed by atoms with Gasteiger partial charge in [0, 0.05) is 46.5 Å². The molecule has 0 unspecified atom stereocenters. The summed E-state index contributed by atoms with van der Waals surface area (Å²) in [5.41, 5.74) is 5.13. The molecule has 0 bridgehead atoms. The van der Waals surface area contributed by atoms with E-state index in [2.05, 4.69) is 4.98 Å². The molecule has 204 valence electrons. The van der Waals surface area contributed by atoms with Gasteiger partial charge in [0.1, 0.15) is 5.65 Å². The second-order valence-electron chi connectivity index (χ2n) is 10.7. The number of halogens is 1. The first kappa shape index (κ1) is 27.8. The van der Waals surface area contributed by atoms with E-state index in [1.165, 1.54) is 13.2 Å². The van der Waals surface area contributed by atoms with Crippen molar-refractivity contribution in [1.29, 1.82) is 0 Å². The molecule has 2 N–H and O–H groups in total. The first-order chi connectivity index (χ1) is 18.1. The minimum Gasteiger partial charge on any atom is -0.490 e. The third kappa shape index (κ3) is 5.61. The predicted molar refractivity (Wildman–Crippen MR) is 145 cm³/mol. The molecule has 38 heavy (non-hydrogen) atoms. The van der Waals surface area contributed by atoms with Crippen molar-refractivity contribution in [1.82, 2.24) is 9.97 Å². The zero-order chi connectivity index (χ0) is 27.6. The van der Waals surface area contributed by atoms with Crippen LogP contribution >= 0.6 is 0 Å². The first-order valence-electron chi connectivity index (χ1n) is 13.0. The molecule has 2 aromatic heterocycles. The van der Waals surface area contributed by atoms with Crippen molar-refractivity contribution in [3.05, 3.63) is 58.2 Å². The SMILES string of the molecule is COC(=O)[C@@H](OC(C)(C)C)c1c(C)nc2[nH]c(C/C=C/CCO)cc2c1-c1cc(F)c2c(c1C)CCCO2. The fourth-order valence-corrected chi connectivity index (χ4v) is 5.06. The molecule has 4 rings (SSSR count). The summed E-state index contributed by atoms with van der Waals surface area (Å²) in [6.45, 7) is 9.99. The van der Waals surface area contributed by atoms with E-state index in [1.807, 2.05) is 52.8 Å². The number of esters is 1. The van der Waals surface area contributed by atoms with Gasteiger partial charge in [-0.05, 0) is 77.1 Å². The number of aliphatic hydroxyl groups excluding tert-OH is 1. The highest BCUT2D eigenvalue weighted by Crippen LogP contribution is 2.44. The average molecular weight is 525 g/mol. The second kappa shape index (κ2) is 11.3. The van der Waals surface area contributed by atoms with Crippen molar-refractivity contribution in [3.8, 4) is 16.9 Å². The third-order valence-electron chi connectivity index (χ3n) is 6.72. The van der Waals surface area contributed by atoms with E-state index in [0.717, 1.165) is 28.6 Å². The average Bonchev–Trinajstić information content (AvgIpc) is 3.28. The summed E-state index contributed by atoms with van der Waals surface area (Å²) < 4.78 is 32.6. The van der Waals surface area contributed by atoms with Crippen molar-refractivity contribution in [2.24, 2.45) is 0 Å². The molecule has 8 heteroatoms. The monoisotopic (exact) mass is 524 g/mol. The van der Waals surface area contributed by atoms with Crippen LogP contribution in [0.4, 0.5) is 4.39 Å². The summed E-state index contributed by atoms with van der Waals surface area (Å²) in [5.74, 6) is -0.671. The standard InChI is InChI=1S/C30H37FN2O5/c1-17-20-12-10-14-37-26(20)23(31)16-21(17)25-22-15-19(11-8-7-9-13-34)33-28(22)32-18(2)24(25)27(29(35)36-6)38-30(3,4)5/h7-8,15-16,27,34H,9-14H2,1-6H3,(H,32,33)/b8-7+/t27-/m0/s1. The molecule has 1 aromatic carbocycles. The molecule has 0 saturated heterocycles. The van der Waals surface area contributed by atoms with Crippen LogP contribution in [0.15, 0.2) is 24.3 Å². The van der Waals surface area contributed by atoms with Crippen LogP contribution in [0.2, 0.25) is 0 Å². The van der Waals surface area contributed by atoms with Crippen molar-refractivity contribution < 1.29 is 28.5 Å². The van der Waals surface area contributed by atoms with Crippen LogP contribution in [0.3, 0.4) is 0 Å². The molecular weight excluding hydrogens is 487 g/mol. The number of carbonyl (C=O) groups is 1. The molecule has 1 atom stereocenters. The zero-order valence-corrected chi connectivity index (χ0v) is 23.0. The Hall–Kier alpha value is -3.23. The molecular formula is C30H37FN2O5. The van der Waals surface area contributed by atoms with Gasteiger partial charge in [-0.1, -0.05) is 12.2 Å². The summed E-state index contributed by atoms with van der Waals surface area (Å²) in [7, 11) is 1.33. The number of aliphatic hydroxyl groups is 1. The normalized spacial score (nSPS) is 14.5. The van der Waals surface area contributed by atoms with Crippen LogP contribution in [0, 0.1) is 19.7 Å². The Morgan fingerprint density at radius 1 is 1.29 bits per heavy atom. The van der Waals surface area contributed by atoms with Crippen LogP contribution in [0.1, 0.15) is 67.8 Å². The number of pyridine rings is 1. The number of aromatic amines is 1. The number of methoxy groups -OCH3 is 1. The quantitative estimate of drug-likeness (QED) is 0.285. The number of nitrogens with zero attached hydrogens (tertiary/aromatic N) is 1. The van der Waals surface area contributed by atoms with Crippen LogP contribution in [-0.4, -0.2) is 47.0 Å². The van der Waals surface area contributed by atoms with Gasteiger partial charge in [-0.25, -0.2) is 14.2 Å². The van der Waals surface area contributed by atoms with Crippen molar-refractivity contribution in [3.63, 3.8) is 0 Å². The number of ether oxygens (including phenoxy) is 3. The maximum Gasteiger partial charge on any atom is 0.339 e. The molecule has 1 aliphatic rings. The van der Waals surface area contributed by atoms with E-state index in [-0.39, 0.29) is 6.61 Å². The molecule has 3 heterocycles. The zero-order valence-electron chi connectivity index (χ0n) is 23.0. The number of aromatic nitrogens is 2. The topological polar surface area (TPSA) is 93.7 Å². The third-order valence-corrected chi connectivity index (χ3v) is 6.72. The maximum atomic E-state index is 15.5. The summed E-state index contributed by atoms with van der Waals surface area (Å²) >= 11 is 0. The van der Waals surface area contributed by atoms with E-state index >= 15 is 4.39 Å². The highest BCUT2D eigenvalue weighted by molar-refractivity contribution is 5.99. The Morgan fingerprint density at radius 3 is 2.74 bits per heavy atom. The smallest absolute Gasteiger partial charge is 0.339 e. The van der Waals surface area contributed by atoms with Crippen LogP contribution in [0.5, 0.6) is 5.75 Å². The highest BCUT2D eigenvalue weighted by Gasteiger charge is 2.34. The Kier molecular flexibility index (Phi) is 8.23. The van der Waals surface area contributed by atoms with Gasteiger partial charge in [-0.15, -0.1) is 0 Å². The molecule has 0 fully saturated rings.